The Morgan fingerprint density at radius 3 is 2.30 bits per heavy atom. The Morgan fingerprint density at radius 2 is 1.74 bits per heavy atom. The third-order valence-corrected chi connectivity index (χ3v) is 4.42. The molecule has 0 aromatic heterocycles. The standard InChI is InChI=1S/C20H23N3O4/c1-20(2,3)22-18(15-7-5-4-6-8-15)21(13-14-27-22)19(24)16-9-11-17(12-10-16)23(25)26/h4-12,18H,13-14H2,1-3H3/t18-/m0/s1. The van der Waals surface area contributed by atoms with Gasteiger partial charge in [-0.2, -0.15) is 5.06 Å². The molecule has 0 aliphatic carbocycles. The number of carbonyl (C=O) groups excluding carboxylic acids is 1. The molecule has 1 aliphatic rings. The Balaban J connectivity index is 1.97. The van der Waals surface area contributed by atoms with Crippen LogP contribution in [0.25, 0.3) is 0 Å². The molecule has 0 radical (unpaired) electrons. The van der Waals surface area contributed by atoms with E-state index in [1.807, 2.05) is 56.2 Å². The van der Waals surface area contributed by atoms with Gasteiger partial charge in [0.05, 0.1) is 11.5 Å². The summed E-state index contributed by atoms with van der Waals surface area (Å²) in [5.41, 5.74) is 0.999. The molecule has 2 aromatic carbocycles. The second kappa shape index (κ2) is 7.46. The number of hydrogen-bond acceptors (Lipinski definition) is 5. The minimum Gasteiger partial charge on any atom is -0.314 e. The fraction of sp³-hybridized carbons (Fsp3) is 0.350. The van der Waals surface area contributed by atoms with Crippen LogP contribution in [0.15, 0.2) is 54.6 Å². The van der Waals surface area contributed by atoms with Crippen LogP contribution in [0.5, 0.6) is 0 Å². The number of nitro groups is 1. The van der Waals surface area contributed by atoms with Crippen molar-refractivity contribution >= 4 is 11.6 Å². The summed E-state index contributed by atoms with van der Waals surface area (Å²) in [6.45, 7) is 6.91. The molecule has 7 nitrogen and oxygen atoms in total. The molecule has 1 atom stereocenters. The van der Waals surface area contributed by atoms with E-state index in [4.69, 9.17) is 4.84 Å². The maximum atomic E-state index is 13.2. The van der Waals surface area contributed by atoms with Crippen LogP contribution in [0.1, 0.15) is 42.9 Å². The van der Waals surface area contributed by atoms with E-state index < -0.39 is 4.92 Å². The van der Waals surface area contributed by atoms with E-state index in [0.29, 0.717) is 18.7 Å². The Hall–Kier alpha value is -2.77. The van der Waals surface area contributed by atoms with Crippen molar-refractivity contribution in [2.45, 2.75) is 32.5 Å². The summed E-state index contributed by atoms with van der Waals surface area (Å²) in [5, 5.41) is 12.7. The summed E-state index contributed by atoms with van der Waals surface area (Å²) in [6.07, 6.45) is -0.386. The summed E-state index contributed by atoms with van der Waals surface area (Å²) in [6, 6.07) is 15.4. The molecule has 2 aromatic rings. The number of amides is 1. The van der Waals surface area contributed by atoms with E-state index in [-0.39, 0.29) is 23.3 Å². The fourth-order valence-corrected chi connectivity index (χ4v) is 3.16. The van der Waals surface area contributed by atoms with Crippen molar-refractivity contribution in [2.24, 2.45) is 0 Å². The lowest BCUT2D eigenvalue weighted by Crippen LogP contribution is -2.56. The molecule has 1 heterocycles. The van der Waals surface area contributed by atoms with Crippen LogP contribution < -0.4 is 0 Å². The monoisotopic (exact) mass is 369 g/mol. The highest BCUT2D eigenvalue weighted by Gasteiger charge is 2.40. The predicted molar refractivity (Wildman–Crippen MR) is 101 cm³/mol. The quantitative estimate of drug-likeness (QED) is 0.608. The second-order valence-electron chi connectivity index (χ2n) is 7.42. The number of nitrogens with zero attached hydrogens (tertiary/aromatic N) is 3. The summed E-state index contributed by atoms with van der Waals surface area (Å²) in [5.74, 6) is -0.184. The number of benzene rings is 2. The highest BCUT2D eigenvalue weighted by molar-refractivity contribution is 5.94. The average molecular weight is 369 g/mol. The number of rotatable bonds is 3. The smallest absolute Gasteiger partial charge is 0.269 e. The largest absolute Gasteiger partial charge is 0.314 e. The van der Waals surface area contributed by atoms with Gasteiger partial charge in [0.25, 0.3) is 11.6 Å². The number of carbonyl (C=O) groups is 1. The SMILES string of the molecule is CC(C)(C)N1OCCN(C(=O)c2ccc([N+](=O)[O-])cc2)[C@@H]1c1ccccc1. The number of hydroxylamine groups is 2. The van der Waals surface area contributed by atoms with Crippen LogP contribution in [0.2, 0.25) is 0 Å². The highest BCUT2D eigenvalue weighted by atomic mass is 16.7. The Morgan fingerprint density at radius 1 is 1.11 bits per heavy atom. The van der Waals surface area contributed by atoms with E-state index >= 15 is 0 Å². The summed E-state index contributed by atoms with van der Waals surface area (Å²) in [4.78, 5) is 31.3. The van der Waals surface area contributed by atoms with Gasteiger partial charge in [-0.1, -0.05) is 30.3 Å². The zero-order valence-electron chi connectivity index (χ0n) is 15.7. The molecule has 142 valence electrons. The third-order valence-electron chi connectivity index (χ3n) is 4.42. The van der Waals surface area contributed by atoms with Crippen LogP contribution in [-0.4, -0.2) is 39.5 Å². The van der Waals surface area contributed by atoms with Crippen molar-refractivity contribution in [2.75, 3.05) is 13.2 Å². The molecule has 0 unspecified atom stereocenters. The lowest BCUT2D eigenvalue weighted by atomic mass is 10.0. The van der Waals surface area contributed by atoms with Crippen molar-refractivity contribution in [1.82, 2.24) is 9.96 Å². The molecule has 3 rings (SSSR count). The van der Waals surface area contributed by atoms with Crippen molar-refractivity contribution < 1.29 is 14.6 Å². The maximum absolute atomic E-state index is 13.2. The molecule has 7 heteroatoms. The zero-order chi connectivity index (χ0) is 19.6. The summed E-state index contributed by atoms with van der Waals surface area (Å²) >= 11 is 0. The maximum Gasteiger partial charge on any atom is 0.269 e. The molecule has 1 amide bonds. The van der Waals surface area contributed by atoms with Crippen LogP contribution in [0, 0.1) is 10.1 Å². The molecule has 1 aliphatic heterocycles. The molecule has 0 saturated carbocycles. The molecule has 27 heavy (non-hydrogen) atoms. The van der Waals surface area contributed by atoms with E-state index in [1.54, 1.807) is 4.90 Å². The summed E-state index contributed by atoms with van der Waals surface area (Å²) < 4.78 is 0. The number of nitro benzene ring substituents is 1. The molecule has 0 N–H and O–H groups in total. The first kappa shape index (κ1) is 19.0. The molecule has 0 bridgehead atoms. The van der Waals surface area contributed by atoms with Gasteiger partial charge in [-0.05, 0) is 38.5 Å². The van der Waals surface area contributed by atoms with Gasteiger partial charge in [0.1, 0.15) is 6.17 Å². The van der Waals surface area contributed by atoms with Gasteiger partial charge < -0.3 is 4.90 Å². The number of hydrogen-bond donors (Lipinski definition) is 0. The summed E-state index contributed by atoms with van der Waals surface area (Å²) in [7, 11) is 0. The first-order chi connectivity index (χ1) is 12.8. The topological polar surface area (TPSA) is 75.9 Å². The van der Waals surface area contributed by atoms with E-state index in [9.17, 15) is 14.9 Å². The fourth-order valence-electron chi connectivity index (χ4n) is 3.16. The van der Waals surface area contributed by atoms with Gasteiger partial charge in [0.15, 0.2) is 0 Å². The van der Waals surface area contributed by atoms with Gasteiger partial charge in [-0.3, -0.25) is 19.7 Å². The Kier molecular flexibility index (Phi) is 5.25. The predicted octanol–water partition coefficient (Wildman–Crippen LogP) is 3.78. The van der Waals surface area contributed by atoms with Gasteiger partial charge >= 0.3 is 0 Å². The molecule has 1 fully saturated rings. The van der Waals surface area contributed by atoms with Gasteiger partial charge in [0.2, 0.25) is 0 Å². The van der Waals surface area contributed by atoms with Crippen molar-refractivity contribution in [1.29, 1.82) is 0 Å². The van der Waals surface area contributed by atoms with Crippen molar-refractivity contribution in [3.8, 4) is 0 Å². The van der Waals surface area contributed by atoms with Gasteiger partial charge in [-0.25, -0.2) is 0 Å². The van der Waals surface area contributed by atoms with E-state index in [0.717, 1.165) is 5.56 Å². The Bertz CT molecular complexity index is 815. The zero-order valence-corrected chi connectivity index (χ0v) is 15.7. The normalized spacial score (nSPS) is 18.3. The van der Waals surface area contributed by atoms with Crippen LogP contribution in [0.3, 0.4) is 0 Å². The first-order valence-electron chi connectivity index (χ1n) is 8.81. The van der Waals surface area contributed by atoms with Gasteiger partial charge in [0, 0.05) is 29.8 Å². The third kappa shape index (κ3) is 3.99. The van der Waals surface area contributed by atoms with Crippen LogP contribution >= 0.6 is 0 Å². The molecular weight excluding hydrogens is 346 g/mol. The number of non-ortho nitro benzene ring substituents is 1. The highest BCUT2D eigenvalue weighted by Crippen LogP contribution is 2.35. The Labute approximate surface area is 158 Å². The van der Waals surface area contributed by atoms with Crippen molar-refractivity contribution in [3.63, 3.8) is 0 Å². The van der Waals surface area contributed by atoms with Crippen molar-refractivity contribution in [3.05, 3.63) is 75.8 Å². The first-order valence-corrected chi connectivity index (χ1v) is 8.81. The van der Waals surface area contributed by atoms with E-state index in [2.05, 4.69) is 0 Å². The molecule has 0 spiro atoms. The second-order valence-corrected chi connectivity index (χ2v) is 7.42. The minimum absolute atomic E-state index is 0.0375. The average Bonchev–Trinajstić information content (AvgIpc) is 2.67. The minimum atomic E-state index is -0.475. The van der Waals surface area contributed by atoms with Crippen LogP contribution in [-0.2, 0) is 4.84 Å². The lowest BCUT2D eigenvalue weighted by Gasteiger charge is -2.48. The van der Waals surface area contributed by atoms with Crippen LogP contribution in [0.4, 0.5) is 5.69 Å². The molecule has 1 saturated heterocycles. The van der Waals surface area contributed by atoms with E-state index in [1.165, 1.54) is 24.3 Å². The van der Waals surface area contributed by atoms with Gasteiger partial charge in [-0.15, -0.1) is 0 Å². The molecular formula is C20H23N3O4. The lowest BCUT2D eigenvalue weighted by molar-refractivity contribution is -0.384.